The van der Waals surface area contributed by atoms with E-state index in [0.29, 0.717) is 0 Å². The van der Waals surface area contributed by atoms with Crippen LogP contribution in [0.5, 0.6) is 0 Å². The topological polar surface area (TPSA) is 80.3 Å². The molecule has 0 rings (SSSR count). The number of hydrogen-bond acceptors (Lipinski definition) is 4. The second-order valence-electron chi connectivity index (χ2n) is 0.408. The van der Waals surface area contributed by atoms with Crippen molar-refractivity contribution in [3.05, 3.63) is 0 Å². The van der Waals surface area contributed by atoms with E-state index in [1.54, 1.807) is 0 Å². The molecule has 7 heavy (non-hydrogen) atoms. The summed E-state index contributed by atoms with van der Waals surface area (Å²) in [6, 6.07) is 0. The van der Waals surface area contributed by atoms with Crippen LogP contribution in [-0.4, -0.2) is 17.5 Å². The van der Waals surface area contributed by atoms with Gasteiger partial charge in [0.2, 0.25) is 0 Å². The van der Waals surface area contributed by atoms with Crippen LogP contribution in [0.4, 0.5) is 0 Å². The van der Waals surface area contributed by atoms with Crippen molar-refractivity contribution in [3.8, 4) is 0 Å². The van der Waals surface area contributed by atoms with Gasteiger partial charge in [-0.1, -0.05) is 7.43 Å². The van der Waals surface area contributed by atoms with Crippen LogP contribution < -0.4 is 0 Å². The average Bonchev–Trinajstić information content (AvgIpc) is 0.722. The Balaban J connectivity index is -0.0000000800. The zero-order valence-corrected chi connectivity index (χ0v) is 4.10. The van der Waals surface area contributed by atoms with Gasteiger partial charge in [0.05, 0.1) is 0 Å². The molecular weight excluding hydrogens is 172 g/mol. The molecule has 0 aliphatic rings. The molecule has 4 nitrogen and oxygen atoms in total. The minimum atomic E-state index is -5.17. The van der Waals surface area contributed by atoms with Crippen molar-refractivity contribution in [3.63, 3.8) is 0 Å². The summed E-state index contributed by atoms with van der Waals surface area (Å²) in [5.74, 6) is 0. The molecule has 0 atom stereocenters. The maximum atomic E-state index is 8.52. The summed E-state index contributed by atoms with van der Waals surface area (Å²) in [6.07, 6.45) is 0. The van der Waals surface area contributed by atoms with Gasteiger partial charge in [-0.05, 0) is 0 Å². The molecule has 0 N–H and O–H groups in total. The molecule has 0 aromatic rings. The first-order valence-electron chi connectivity index (χ1n) is 0.667. The molecule has 49 valence electrons. The van der Waals surface area contributed by atoms with E-state index in [2.05, 4.69) is 0 Å². The van der Waals surface area contributed by atoms with E-state index < -0.39 is 10.4 Å². The van der Waals surface area contributed by atoms with Crippen LogP contribution in [0.15, 0.2) is 0 Å². The molecule has 0 unspecified atom stereocenters. The van der Waals surface area contributed by atoms with Crippen molar-refractivity contribution >= 4 is 10.4 Å². The molecule has 0 aromatic heterocycles. The minimum absolute atomic E-state index is 0. The zero-order chi connectivity index (χ0) is 4.50. The van der Waals surface area contributed by atoms with Crippen LogP contribution in [0.1, 0.15) is 7.43 Å². The third-order valence-electron chi connectivity index (χ3n) is 0. The van der Waals surface area contributed by atoms with Gasteiger partial charge in [-0.15, -0.1) is 0 Å². The van der Waals surface area contributed by atoms with E-state index in [1.165, 1.54) is 0 Å². The maximum absolute atomic E-state index is 8.52. The fourth-order valence-corrected chi connectivity index (χ4v) is 0. The molecule has 0 saturated heterocycles. The first-order chi connectivity index (χ1) is 2.00. The molecule has 1 radical (unpaired) electrons. The summed E-state index contributed by atoms with van der Waals surface area (Å²) in [5.41, 5.74) is 0. The largest absolute Gasteiger partial charge is 2.00 e. The van der Waals surface area contributed by atoms with Crippen molar-refractivity contribution in [2.45, 2.75) is 7.43 Å². The Bertz CT molecular complexity index is 94.9. The first-order valence-corrected chi connectivity index (χ1v) is 2.00. The van der Waals surface area contributed by atoms with Crippen molar-refractivity contribution < 1.29 is 34.6 Å². The Hall–Kier alpha value is 0.389. The predicted molar refractivity (Wildman–Crippen MR) is 17.2 cm³/mol. The molecule has 0 heterocycles. The van der Waals surface area contributed by atoms with Gasteiger partial charge >= 0.3 is 17.1 Å². The Morgan fingerprint density at radius 1 is 1.14 bits per heavy atom. The van der Waals surface area contributed by atoms with Gasteiger partial charge in [-0.25, -0.2) is 0 Å². The van der Waals surface area contributed by atoms with Crippen molar-refractivity contribution in [2.75, 3.05) is 0 Å². The average molecular weight is 176 g/mol. The van der Waals surface area contributed by atoms with Gasteiger partial charge in [0, 0.05) is 10.4 Å². The van der Waals surface area contributed by atoms with Gasteiger partial charge < -0.3 is 9.11 Å². The molecule has 6 heteroatoms. The summed E-state index contributed by atoms with van der Waals surface area (Å²) in [7, 11) is -5.17. The Labute approximate surface area is 53.0 Å². The van der Waals surface area contributed by atoms with Crippen molar-refractivity contribution in [1.82, 2.24) is 0 Å². The molecule has 0 aromatic carbocycles. The monoisotopic (exact) mass is 175 g/mol. The first kappa shape index (κ1) is 15.7. The quantitative estimate of drug-likeness (QED) is 0.277. The zero-order valence-electron chi connectivity index (χ0n) is 2.34. The Morgan fingerprint density at radius 2 is 1.14 bits per heavy atom. The van der Waals surface area contributed by atoms with E-state index in [1.807, 2.05) is 0 Å². The molecule has 0 saturated carbocycles. The summed E-state index contributed by atoms with van der Waals surface area (Å²) < 4.78 is 34.1. The van der Waals surface area contributed by atoms with E-state index in [9.17, 15) is 0 Å². The van der Waals surface area contributed by atoms with Crippen LogP contribution in [-0.2, 0) is 27.5 Å². The Kier molecular flexibility index (Phi) is 10.2. The second kappa shape index (κ2) is 4.55. The van der Waals surface area contributed by atoms with Gasteiger partial charge in [0.1, 0.15) is 0 Å². The van der Waals surface area contributed by atoms with Gasteiger partial charge in [-0.2, -0.15) is 0 Å². The third-order valence-corrected chi connectivity index (χ3v) is 0. The molecule has 0 bridgehead atoms. The van der Waals surface area contributed by atoms with Gasteiger partial charge in [-0.3, -0.25) is 8.42 Å². The van der Waals surface area contributed by atoms with Gasteiger partial charge in [0.25, 0.3) is 0 Å². The van der Waals surface area contributed by atoms with Crippen LogP contribution in [0, 0.1) is 0 Å². The molecule has 0 amide bonds. The van der Waals surface area contributed by atoms with Crippen molar-refractivity contribution in [1.29, 1.82) is 0 Å². The normalized spacial score (nSPS) is 8.29. The molecule has 0 fully saturated rings. The van der Waals surface area contributed by atoms with Crippen LogP contribution >= 0.6 is 0 Å². The SMILES string of the molecule is C.O=S(=O)([O-])[O-].[Cu+2]. The molecule has 0 aliphatic heterocycles. The minimum Gasteiger partial charge on any atom is -0.759 e. The smallest absolute Gasteiger partial charge is 0.759 e. The predicted octanol–water partition coefficient (Wildman–Crippen LogP) is -0.704. The number of hydrogen-bond donors (Lipinski definition) is 0. The van der Waals surface area contributed by atoms with E-state index in [4.69, 9.17) is 17.5 Å². The molecule has 0 aliphatic carbocycles. The molecular formula is CH4CuO4S. The summed E-state index contributed by atoms with van der Waals surface area (Å²) in [5, 5.41) is 0. The summed E-state index contributed by atoms with van der Waals surface area (Å²) >= 11 is 0. The summed E-state index contributed by atoms with van der Waals surface area (Å²) in [6.45, 7) is 0. The van der Waals surface area contributed by atoms with Crippen LogP contribution in [0.2, 0.25) is 0 Å². The van der Waals surface area contributed by atoms with E-state index >= 15 is 0 Å². The fourth-order valence-electron chi connectivity index (χ4n) is 0. The maximum Gasteiger partial charge on any atom is 2.00 e. The van der Waals surface area contributed by atoms with E-state index in [-0.39, 0.29) is 24.5 Å². The molecule has 0 spiro atoms. The third kappa shape index (κ3) is 812. The second-order valence-corrected chi connectivity index (χ2v) is 1.22. The Morgan fingerprint density at radius 3 is 1.14 bits per heavy atom. The summed E-state index contributed by atoms with van der Waals surface area (Å²) in [4.78, 5) is 0. The number of rotatable bonds is 0. The standard InChI is InChI=1S/CH4.Cu.H2O4S/c;;1-5(2,3)4/h1H4;;(H2,1,2,3,4)/q;+2;/p-2. The fraction of sp³-hybridized carbons (Fsp3) is 1.00. The van der Waals surface area contributed by atoms with Gasteiger partial charge in [0.15, 0.2) is 0 Å². The van der Waals surface area contributed by atoms with Crippen LogP contribution in [0.25, 0.3) is 0 Å². The van der Waals surface area contributed by atoms with Crippen molar-refractivity contribution in [2.24, 2.45) is 0 Å². The van der Waals surface area contributed by atoms with Crippen LogP contribution in [0.3, 0.4) is 0 Å². The van der Waals surface area contributed by atoms with E-state index in [0.717, 1.165) is 0 Å².